The molecular formula is C26H30F4N5O7S+. The van der Waals surface area contributed by atoms with Crippen LogP contribution in [0.5, 0.6) is 0 Å². The van der Waals surface area contributed by atoms with Crippen molar-refractivity contribution in [3.8, 4) is 0 Å². The molecule has 4 rings (SSSR count). The van der Waals surface area contributed by atoms with E-state index in [0.29, 0.717) is 17.7 Å². The number of aromatic amines is 1. The minimum Gasteiger partial charge on any atom is -0.336 e. The Kier molecular flexibility index (Phi) is 8.97. The van der Waals surface area contributed by atoms with Crippen molar-refractivity contribution in [2.75, 3.05) is 39.0 Å². The van der Waals surface area contributed by atoms with Gasteiger partial charge in [-0.1, -0.05) is 11.2 Å². The summed E-state index contributed by atoms with van der Waals surface area (Å²) in [6.07, 6.45) is -3.57. The topological polar surface area (TPSA) is 141 Å². The van der Waals surface area contributed by atoms with Crippen molar-refractivity contribution in [1.82, 2.24) is 19.2 Å². The van der Waals surface area contributed by atoms with E-state index in [4.69, 9.17) is 0 Å². The molecule has 12 nitrogen and oxygen atoms in total. The van der Waals surface area contributed by atoms with E-state index in [2.05, 4.69) is 4.84 Å². The van der Waals surface area contributed by atoms with Gasteiger partial charge in [0.2, 0.25) is 15.9 Å². The van der Waals surface area contributed by atoms with Gasteiger partial charge in [-0.25, -0.2) is 21.9 Å². The summed E-state index contributed by atoms with van der Waals surface area (Å²) in [7, 11) is -3.33. The smallest absolute Gasteiger partial charge is 0.336 e. The molecule has 2 fully saturated rings. The zero-order chi connectivity index (χ0) is 31.9. The summed E-state index contributed by atoms with van der Waals surface area (Å²) < 4.78 is 78.3. The minimum atomic E-state index is -5.34. The predicted molar refractivity (Wildman–Crippen MR) is 141 cm³/mol. The lowest BCUT2D eigenvalue weighted by Gasteiger charge is -2.42. The molecule has 0 spiro atoms. The Labute approximate surface area is 243 Å². The normalized spacial score (nSPS) is 17.3. The van der Waals surface area contributed by atoms with Crippen LogP contribution in [0.4, 0.5) is 17.6 Å². The third kappa shape index (κ3) is 7.04. The number of benzene rings is 1. The van der Waals surface area contributed by atoms with Gasteiger partial charge in [0.1, 0.15) is 17.2 Å². The summed E-state index contributed by atoms with van der Waals surface area (Å²) in [6, 6.07) is 3.28. The Bertz CT molecular complexity index is 1620. The Hall–Kier alpha value is -3.86. The zero-order valence-electron chi connectivity index (χ0n) is 23.5. The number of H-pyrrole nitrogens is 1. The Morgan fingerprint density at radius 2 is 1.72 bits per heavy atom. The molecule has 2 aliphatic heterocycles. The van der Waals surface area contributed by atoms with E-state index in [1.54, 1.807) is 4.90 Å². The van der Waals surface area contributed by atoms with Crippen molar-refractivity contribution < 1.29 is 50.0 Å². The number of nitrogens with zero attached hydrogens (tertiary/aromatic N) is 4. The summed E-state index contributed by atoms with van der Waals surface area (Å²) in [5, 5.41) is 2.05. The van der Waals surface area contributed by atoms with Crippen molar-refractivity contribution in [3.05, 3.63) is 62.3 Å². The molecule has 0 saturated carbocycles. The molecular weight excluding hydrogens is 602 g/mol. The van der Waals surface area contributed by atoms with Gasteiger partial charge in [-0.3, -0.25) is 14.4 Å². The van der Waals surface area contributed by atoms with E-state index in [-0.39, 0.29) is 79.0 Å². The third-order valence-electron chi connectivity index (χ3n) is 7.70. The number of piperidine rings is 1. The quantitative estimate of drug-likeness (QED) is 0.355. The highest BCUT2D eigenvalue weighted by Gasteiger charge is 2.46. The van der Waals surface area contributed by atoms with E-state index in [1.807, 2.05) is 5.10 Å². The van der Waals surface area contributed by atoms with Crippen LogP contribution in [0.15, 0.2) is 23.0 Å². The maximum atomic E-state index is 14.8. The molecule has 2 aliphatic rings. The lowest BCUT2D eigenvalue weighted by molar-refractivity contribution is -0.921. The highest BCUT2D eigenvalue weighted by Crippen LogP contribution is 2.23. The third-order valence-corrected chi connectivity index (χ3v) is 9.00. The standard InChI is InChI=1S/C26H29F4N5O7S/c1-15-16(2)23(37)31-35(42-25(39)26(28,29)30)21(15)13-17-4-5-20(27)19(12-17)24(38)32-10-11-34(22(36)14-32)18-6-8-33(9-7-18)43(3,40)41/h4-5,12,18H,6-11,13-14H2,1-3H3/p+1. The van der Waals surface area contributed by atoms with Crippen molar-refractivity contribution in [3.63, 3.8) is 0 Å². The van der Waals surface area contributed by atoms with E-state index in [9.17, 15) is 45.2 Å². The van der Waals surface area contributed by atoms with Crippen LogP contribution in [0.2, 0.25) is 0 Å². The summed E-state index contributed by atoms with van der Waals surface area (Å²) in [6.45, 7) is 3.36. The molecule has 0 atom stereocenters. The number of alkyl halides is 3. The van der Waals surface area contributed by atoms with Crippen LogP contribution < -0.4 is 15.2 Å². The van der Waals surface area contributed by atoms with Crippen LogP contribution in [0, 0.1) is 19.7 Å². The van der Waals surface area contributed by atoms with Gasteiger partial charge in [-0.15, -0.1) is 0 Å². The monoisotopic (exact) mass is 632 g/mol. The molecule has 17 heteroatoms. The molecule has 43 heavy (non-hydrogen) atoms. The number of rotatable bonds is 6. The number of hydrogen-bond donors (Lipinski definition) is 1. The van der Waals surface area contributed by atoms with E-state index >= 15 is 0 Å². The fourth-order valence-electron chi connectivity index (χ4n) is 5.14. The summed E-state index contributed by atoms with van der Waals surface area (Å²) in [4.78, 5) is 57.3. The van der Waals surface area contributed by atoms with Crippen molar-refractivity contribution in [2.24, 2.45) is 0 Å². The number of aromatic nitrogens is 2. The van der Waals surface area contributed by atoms with Gasteiger partial charge in [0.05, 0.1) is 18.2 Å². The highest BCUT2D eigenvalue weighted by molar-refractivity contribution is 7.88. The molecule has 0 radical (unpaired) electrons. The average molecular weight is 633 g/mol. The van der Waals surface area contributed by atoms with Crippen LogP contribution in [0.25, 0.3) is 0 Å². The van der Waals surface area contributed by atoms with Crippen LogP contribution in [-0.2, 0) is 26.0 Å². The molecule has 1 N–H and O–H groups in total. The molecule has 3 heterocycles. The lowest BCUT2D eigenvalue weighted by Crippen LogP contribution is -2.58. The lowest BCUT2D eigenvalue weighted by atomic mass is 10.0. The van der Waals surface area contributed by atoms with Crippen LogP contribution in [0.3, 0.4) is 0 Å². The molecule has 1 aromatic carbocycles. The number of sulfonamides is 1. The number of carbonyl (C=O) groups is 3. The summed E-state index contributed by atoms with van der Waals surface area (Å²) >= 11 is 0. The van der Waals surface area contributed by atoms with E-state index in [0.717, 1.165) is 12.3 Å². The Morgan fingerprint density at radius 3 is 2.30 bits per heavy atom. The Morgan fingerprint density at radius 1 is 1.07 bits per heavy atom. The molecule has 2 amide bonds. The number of piperazine rings is 1. The molecule has 0 aliphatic carbocycles. The fourth-order valence-corrected chi connectivity index (χ4v) is 6.02. The number of amides is 2. The molecule has 1 aromatic heterocycles. The van der Waals surface area contributed by atoms with Gasteiger partial charge >= 0.3 is 17.7 Å². The maximum absolute atomic E-state index is 14.8. The molecule has 2 saturated heterocycles. The summed E-state index contributed by atoms with van der Waals surface area (Å²) in [5.74, 6) is -4.59. The first-order valence-corrected chi connectivity index (χ1v) is 15.1. The van der Waals surface area contributed by atoms with Gasteiger partial charge in [0.15, 0.2) is 0 Å². The molecule has 0 bridgehead atoms. The second-order valence-corrected chi connectivity index (χ2v) is 12.5. The summed E-state index contributed by atoms with van der Waals surface area (Å²) in [5.41, 5.74) is -0.621. The second kappa shape index (κ2) is 12.0. The number of hydrogen-bond acceptors (Lipinski definition) is 7. The predicted octanol–water partition coefficient (Wildman–Crippen LogP) is 0.235. The first kappa shape index (κ1) is 32.1. The van der Waals surface area contributed by atoms with E-state index in [1.165, 1.54) is 35.2 Å². The first-order valence-electron chi connectivity index (χ1n) is 13.2. The first-order chi connectivity index (χ1) is 20.0. The number of halogens is 4. The van der Waals surface area contributed by atoms with Gasteiger partial charge < -0.3 is 9.80 Å². The van der Waals surface area contributed by atoms with Crippen LogP contribution >= 0.6 is 0 Å². The van der Waals surface area contributed by atoms with Crippen molar-refractivity contribution in [2.45, 2.75) is 45.3 Å². The minimum absolute atomic E-state index is 0.0505. The van der Waals surface area contributed by atoms with Crippen LogP contribution in [0.1, 0.15) is 45.6 Å². The number of carbonyl (C=O) groups excluding carboxylic acids is 3. The zero-order valence-corrected chi connectivity index (χ0v) is 24.3. The number of nitrogens with one attached hydrogen (secondary N) is 1. The highest BCUT2D eigenvalue weighted by atomic mass is 32.2. The largest absolute Gasteiger partial charge is 0.498 e. The van der Waals surface area contributed by atoms with Crippen molar-refractivity contribution in [1.29, 1.82) is 0 Å². The van der Waals surface area contributed by atoms with Crippen molar-refractivity contribution >= 4 is 27.8 Å². The second-order valence-electron chi connectivity index (χ2n) is 10.5. The average Bonchev–Trinajstić information content (AvgIpc) is 2.93. The Balaban J connectivity index is 1.51. The molecule has 234 valence electrons. The van der Waals surface area contributed by atoms with E-state index < -0.39 is 39.5 Å². The van der Waals surface area contributed by atoms with Gasteiger partial charge in [-0.05, 0) is 44.4 Å². The van der Waals surface area contributed by atoms with Gasteiger partial charge in [-0.2, -0.15) is 18.0 Å². The fraction of sp³-hybridized carbons (Fsp3) is 0.500. The molecule has 2 aromatic rings. The maximum Gasteiger partial charge on any atom is 0.498 e. The van der Waals surface area contributed by atoms with Gasteiger partial charge in [0, 0.05) is 43.3 Å². The van der Waals surface area contributed by atoms with Crippen LogP contribution in [-0.4, -0.2) is 96.6 Å². The SMILES string of the molecule is Cc1c(C)c(=O)[nH][n+](OC(=O)C(F)(F)F)c1Cc1ccc(F)c(C(=O)N2CCN(C3CCN(S(C)(=O)=O)CC3)C(=O)C2)c1. The van der Waals surface area contributed by atoms with Gasteiger partial charge in [0.25, 0.3) is 11.6 Å². The molecule has 0 unspecified atom stereocenters.